The minimum Gasteiger partial charge on any atom is -0.376 e. The van der Waals surface area contributed by atoms with Crippen LogP contribution in [0, 0.1) is 5.92 Å². The SMILES string of the molecule is O=C(C1=CCCC1)N1CC2(C1)C(COCc1cccnc1)CCS2(=O)=O. The van der Waals surface area contributed by atoms with E-state index in [1.807, 2.05) is 18.2 Å². The summed E-state index contributed by atoms with van der Waals surface area (Å²) in [7, 11) is -3.19. The van der Waals surface area contributed by atoms with Crippen LogP contribution in [-0.4, -0.2) is 54.4 Å². The van der Waals surface area contributed by atoms with E-state index < -0.39 is 14.6 Å². The van der Waals surface area contributed by atoms with Gasteiger partial charge in [-0.1, -0.05) is 12.1 Å². The molecule has 0 radical (unpaired) electrons. The van der Waals surface area contributed by atoms with Gasteiger partial charge < -0.3 is 9.64 Å². The van der Waals surface area contributed by atoms with Crippen molar-refractivity contribution < 1.29 is 17.9 Å². The largest absolute Gasteiger partial charge is 0.376 e. The van der Waals surface area contributed by atoms with E-state index in [2.05, 4.69) is 4.98 Å². The van der Waals surface area contributed by atoms with Gasteiger partial charge in [0.1, 0.15) is 4.75 Å². The molecule has 1 atom stereocenters. The molecule has 2 fully saturated rings. The van der Waals surface area contributed by atoms with Crippen molar-refractivity contribution in [2.24, 2.45) is 5.92 Å². The number of hydrogen-bond donors (Lipinski definition) is 0. The summed E-state index contributed by atoms with van der Waals surface area (Å²) in [5.41, 5.74) is 1.82. The highest BCUT2D eigenvalue weighted by molar-refractivity contribution is 7.93. The van der Waals surface area contributed by atoms with Gasteiger partial charge in [0.15, 0.2) is 9.84 Å². The minimum absolute atomic E-state index is 0.0188. The number of sulfone groups is 1. The number of likely N-dealkylation sites (tertiary alicyclic amines) is 1. The number of allylic oxidation sites excluding steroid dienone is 1. The Morgan fingerprint density at radius 3 is 2.92 bits per heavy atom. The molecule has 0 saturated carbocycles. The topological polar surface area (TPSA) is 76.6 Å². The summed E-state index contributed by atoms with van der Waals surface area (Å²) in [6.07, 6.45) is 8.84. The predicted octanol–water partition coefficient (Wildman–Crippen LogP) is 1.72. The van der Waals surface area contributed by atoms with E-state index in [4.69, 9.17) is 4.74 Å². The van der Waals surface area contributed by atoms with Gasteiger partial charge in [0.05, 0.1) is 19.0 Å². The smallest absolute Gasteiger partial charge is 0.249 e. The quantitative estimate of drug-likeness (QED) is 0.782. The first-order chi connectivity index (χ1) is 12.5. The van der Waals surface area contributed by atoms with Crippen LogP contribution in [0.4, 0.5) is 0 Å². The second-order valence-corrected chi connectivity index (χ2v) is 9.98. The molecule has 6 nitrogen and oxygen atoms in total. The summed E-state index contributed by atoms with van der Waals surface area (Å²) in [5, 5.41) is 0. The molecule has 3 heterocycles. The maximum atomic E-state index is 12.7. The van der Waals surface area contributed by atoms with E-state index >= 15 is 0 Å². The summed E-state index contributed by atoms with van der Waals surface area (Å²) in [5.74, 6) is 0.162. The minimum atomic E-state index is -3.19. The Morgan fingerprint density at radius 1 is 1.38 bits per heavy atom. The van der Waals surface area contributed by atoms with Crippen LogP contribution in [0.2, 0.25) is 0 Å². The summed E-state index contributed by atoms with van der Waals surface area (Å²) in [6, 6.07) is 3.79. The Balaban J connectivity index is 1.39. The first-order valence-corrected chi connectivity index (χ1v) is 10.8. The first-order valence-electron chi connectivity index (χ1n) is 9.19. The molecule has 3 aliphatic rings. The highest BCUT2D eigenvalue weighted by Crippen LogP contribution is 2.45. The van der Waals surface area contributed by atoms with Crippen molar-refractivity contribution in [2.75, 3.05) is 25.4 Å². The zero-order valence-corrected chi connectivity index (χ0v) is 15.6. The summed E-state index contributed by atoms with van der Waals surface area (Å²) in [6.45, 7) is 1.45. The monoisotopic (exact) mass is 376 g/mol. The summed E-state index contributed by atoms with van der Waals surface area (Å²) in [4.78, 5) is 18.3. The molecule has 1 spiro atoms. The molecule has 1 aromatic heterocycles. The van der Waals surface area contributed by atoms with E-state index in [-0.39, 0.29) is 17.6 Å². The van der Waals surface area contributed by atoms with Crippen molar-refractivity contribution in [3.63, 3.8) is 0 Å². The molecule has 26 heavy (non-hydrogen) atoms. The van der Waals surface area contributed by atoms with Crippen molar-refractivity contribution in [2.45, 2.75) is 37.0 Å². The van der Waals surface area contributed by atoms with E-state index in [1.165, 1.54) is 0 Å². The maximum absolute atomic E-state index is 12.7. The van der Waals surface area contributed by atoms with E-state index in [1.54, 1.807) is 17.3 Å². The molecular weight excluding hydrogens is 352 g/mol. The average molecular weight is 376 g/mol. The molecule has 1 unspecified atom stereocenters. The van der Waals surface area contributed by atoms with Crippen LogP contribution in [0.15, 0.2) is 36.2 Å². The Hall–Kier alpha value is -1.73. The third kappa shape index (κ3) is 2.97. The highest BCUT2D eigenvalue weighted by Gasteiger charge is 2.62. The van der Waals surface area contributed by atoms with E-state index in [9.17, 15) is 13.2 Å². The van der Waals surface area contributed by atoms with Crippen LogP contribution < -0.4 is 0 Å². The Morgan fingerprint density at radius 2 is 2.23 bits per heavy atom. The van der Waals surface area contributed by atoms with Crippen LogP contribution in [0.25, 0.3) is 0 Å². The van der Waals surface area contributed by atoms with Gasteiger partial charge in [0, 0.05) is 37.0 Å². The predicted molar refractivity (Wildman–Crippen MR) is 97.0 cm³/mol. The lowest BCUT2D eigenvalue weighted by Gasteiger charge is -2.50. The molecule has 1 aliphatic carbocycles. The van der Waals surface area contributed by atoms with Gasteiger partial charge in [-0.05, 0) is 37.3 Å². The number of rotatable bonds is 5. The Bertz CT molecular complexity index is 813. The molecule has 0 aromatic carbocycles. The fraction of sp³-hybridized carbons (Fsp3) is 0.579. The van der Waals surface area contributed by atoms with Gasteiger partial charge in [-0.3, -0.25) is 9.78 Å². The second-order valence-electron chi connectivity index (χ2n) is 7.53. The maximum Gasteiger partial charge on any atom is 0.249 e. The number of carbonyl (C=O) groups excluding carboxylic acids is 1. The van der Waals surface area contributed by atoms with Gasteiger partial charge in [-0.15, -0.1) is 0 Å². The third-order valence-corrected chi connectivity index (χ3v) is 8.53. The fourth-order valence-corrected chi connectivity index (χ4v) is 6.72. The highest BCUT2D eigenvalue weighted by atomic mass is 32.2. The number of amides is 1. The molecule has 0 N–H and O–H groups in total. The lowest BCUT2D eigenvalue weighted by Crippen LogP contribution is -2.69. The standard InChI is InChI=1S/C19H24N2O4S/c22-18(16-5-1-2-6-16)21-13-19(14-21)17(7-9-26(19,23)24)12-25-11-15-4-3-8-20-10-15/h3-5,8,10,17H,1-2,6-7,9,11-14H2. The fourth-order valence-electron chi connectivity index (χ4n) is 4.32. The second kappa shape index (κ2) is 6.78. The van der Waals surface area contributed by atoms with Crippen LogP contribution in [0.3, 0.4) is 0 Å². The number of hydrogen-bond acceptors (Lipinski definition) is 5. The zero-order chi connectivity index (χ0) is 18.2. The molecule has 140 valence electrons. The zero-order valence-electron chi connectivity index (χ0n) is 14.8. The van der Waals surface area contributed by atoms with Crippen molar-refractivity contribution in [3.8, 4) is 0 Å². The lowest BCUT2D eigenvalue weighted by atomic mass is 9.83. The number of ether oxygens (including phenoxy) is 1. The van der Waals surface area contributed by atoms with Crippen LogP contribution >= 0.6 is 0 Å². The van der Waals surface area contributed by atoms with Gasteiger partial charge in [-0.25, -0.2) is 8.42 Å². The number of carbonyl (C=O) groups is 1. The van der Waals surface area contributed by atoms with Gasteiger partial charge in [0.2, 0.25) is 5.91 Å². The van der Waals surface area contributed by atoms with Crippen LogP contribution in [0.1, 0.15) is 31.2 Å². The molecule has 0 bridgehead atoms. The van der Waals surface area contributed by atoms with Crippen molar-refractivity contribution >= 4 is 15.7 Å². The Labute approximate surface area is 154 Å². The number of nitrogens with zero attached hydrogens (tertiary/aromatic N) is 2. The molecule has 2 saturated heterocycles. The van der Waals surface area contributed by atoms with Crippen LogP contribution in [0.5, 0.6) is 0 Å². The van der Waals surface area contributed by atoms with Crippen molar-refractivity contribution in [1.29, 1.82) is 0 Å². The lowest BCUT2D eigenvalue weighted by molar-refractivity contribution is -0.133. The van der Waals surface area contributed by atoms with Gasteiger partial charge in [0.25, 0.3) is 0 Å². The van der Waals surface area contributed by atoms with Gasteiger partial charge >= 0.3 is 0 Å². The van der Waals surface area contributed by atoms with E-state index in [0.717, 1.165) is 30.4 Å². The Kier molecular flexibility index (Phi) is 4.61. The molecule has 1 amide bonds. The van der Waals surface area contributed by atoms with E-state index in [0.29, 0.717) is 32.7 Å². The molecular formula is C19H24N2O4S. The number of aromatic nitrogens is 1. The molecule has 4 rings (SSSR count). The van der Waals surface area contributed by atoms with Crippen LogP contribution in [-0.2, 0) is 26.0 Å². The summed E-state index contributed by atoms with van der Waals surface area (Å²) < 4.78 is 30.4. The van der Waals surface area contributed by atoms with Gasteiger partial charge in [-0.2, -0.15) is 0 Å². The van der Waals surface area contributed by atoms with Crippen molar-refractivity contribution in [1.82, 2.24) is 9.88 Å². The normalized spacial score (nSPS) is 25.9. The first kappa shape index (κ1) is 17.7. The third-order valence-electron chi connectivity index (χ3n) is 5.93. The molecule has 2 aliphatic heterocycles. The molecule has 7 heteroatoms. The van der Waals surface area contributed by atoms with Crippen molar-refractivity contribution in [3.05, 3.63) is 41.7 Å². The summed E-state index contributed by atoms with van der Waals surface area (Å²) >= 11 is 0. The molecule has 1 aromatic rings. The number of pyridine rings is 1. The average Bonchev–Trinajstić information content (AvgIpc) is 3.21.